The fraction of sp³-hybridized carbons (Fsp3) is 0.750. The first-order chi connectivity index (χ1) is 7.59. The van der Waals surface area contributed by atoms with Crippen LogP contribution in [0.15, 0.2) is 6.20 Å². The fourth-order valence-corrected chi connectivity index (χ4v) is 3.53. The standard InChI is InChI=1S/C12H21N3S/c1-10-11(8-15(3)14-10)7-13-9-12(2)5-4-6-16-12/h8,13H,4-7,9H2,1-3H3. The summed E-state index contributed by atoms with van der Waals surface area (Å²) >= 11 is 2.11. The van der Waals surface area contributed by atoms with Crippen LogP contribution in [0.4, 0.5) is 0 Å². The second-order valence-corrected chi connectivity index (χ2v) is 6.60. The molecule has 1 aliphatic heterocycles. The SMILES string of the molecule is Cc1nn(C)cc1CNCC1(C)CCCS1. The Morgan fingerprint density at radius 2 is 2.44 bits per heavy atom. The average molecular weight is 239 g/mol. The highest BCUT2D eigenvalue weighted by molar-refractivity contribution is 8.00. The van der Waals surface area contributed by atoms with Crippen LogP contribution in [0.25, 0.3) is 0 Å². The van der Waals surface area contributed by atoms with Crippen molar-refractivity contribution in [3.8, 4) is 0 Å². The fourth-order valence-electron chi connectivity index (χ4n) is 2.26. The summed E-state index contributed by atoms with van der Waals surface area (Å²) in [4.78, 5) is 0. The van der Waals surface area contributed by atoms with Crippen molar-refractivity contribution < 1.29 is 0 Å². The molecule has 1 N–H and O–H groups in total. The molecule has 0 spiro atoms. The minimum atomic E-state index is 0.454. The molecule has 1 atom stereocenters. The highest BCUT2D eigenvalue weighted by atomic mass is 32.2. The molecule has 3 nitrogen and oxygen atoms in total. The Kier molecular flexibility index (Phi) is 3.60. The number of hydrogen-bond donors (Lipinski definition) is 1. The number of aryl methyl sites for hydroxylation is 2. The van der Waals surface area contributed by atoms with Gasteiger partial charge in [-0.2, -0.15) is 16.9 Å². The summed E-state index contributed by atoms with van der Waals surface area (Å²) in [6, 6.07) is 0. The molecule has 4 heteroatoms. The summed E-state index contributed by atoms with van der Waals surface area (Å²) in [6.45, 7) is 6.48. The second kappa shape index (κ2) is 4.80. The predicted octanol–water partition coefficient (Wildman–Crippen LogP) is 2.10. The topological polar surface area (TPSA) is 29.9 Å². The molecule has 2 heterocycles. The molecule has 1 aromatic heterocycles. The third kappa shape index (κ3) is 2.80. The highest BCUT2D eigenvalue weighted by Gasteiger charge is 2.28. The van der Waals surface area contributed by atoms with Crippen molar-refractivity contribution in [2.24, 2.45) is 7.05 Å². The Hall–Kier alpha value is -0.480. The molecule has 1 aliphatic rings. The van der Waals surface area contributed by atoms with Gasteiger partial charge in [-0.05, 0) is 32.4 Å². The van der Waals surface area contributed by atoms with Crippen LogP contribution in [0, 0.1) is 6.92 Å². The van der Waals surface area contributed by atoms with E-state index in [0.717, 1.165) is 18.8 Å². The van der Waals surface area contributed by atoms with Crippen molar-refractivity contribution in [2.45, 2.75) is 38.0 Å². The van der Waals surface area contributed by atoms with Crippen LogP contribution < -0.4 is 5.32 Å². The van der Waals surface area contributed by atoms with Crippen LogP contribution in [-0.4, -0.2) is 26.8 Å². The van der Waals surface area contributed by atoms with Gasteiger partial charge in [0.2, 0.25) is 0 Å². The smallest absolute Gasteiger partial charge is 0.0638 e. The monoisotopic (exact) mass is 239 g/mol. The van der Waals surface area contributed by atoms with Gasteiger partial charge in [-0.3, -0.25) is 4.68 Å². The van der Waals surface area contributed by atoms with Crippen molar-refractivity contribution in [3.63, 3.8) is 0 Å². The molecular weight excluding hydrogens is 218 g/mol. The van der Waals surface area contributed by atoms with E-state index in [9.17, 15) is 0 Å². The Morgan fingerprint density at radius 1 is 1.62 bits per heavy atom. The minimum absolute atomic E-state index is 0.454. The van der Waals surface area contributed by atoms with Crippen molar-refractivity contribution in [1.29, 1.82) is 0 Å². The molecule has 0 bridgehead atoms. The maximum Gasteiger partial charge on any atom is 0.0638 e. The maximum absolute atomic E-state index is 4.35. The van der Waals surface area contributed by atoms with E-state index in [0.29, 0.717) is 4.75 Å². The van der Waals surface area contributed by atoms with Crippen LogP contribution in [0.1, 0.15) is 31.0 Å². The van der Waals surface area contributed by atoms with Gasteiger partial charge in [0.15, 0.2) is 0 Å². The molecule has 0 aromatic carbocycles. The zero-order valence-electron chi connectivity index (χ0n) is 10.4. The van der Waals surface area contributed by atoms with E-state index in [-0.39, 0.29) is 0 Å². The number of nitrogens with zero attached hydrogens (tertiary/aromatic N) is 2. The Bertz CT molecular complexity index is 353. The lowest BCUT2D eigenvalue weighted by Crippen LogP contribution is -2.32. The quantitative estimate of drug-likeness (QED) is 0.872. The van der Waals surface area contributed by atoms with Crippen LogP contribution in [-0.2, 0) is 13.6 Å². The number of nitrogens with one attached hydrogen (secondary N) is 1. The predicted molar refractivity (Wildman–Crippen MR) is 69.7 cm³/mol. The normalized spacial score (nSPS) is 25.2. The Morgan fingerprint density at radius 3 is 3.00 bits per heavy atom. The summed E-state index contributed by atoms with van der Waals surface area (Å²) in [5.74, 6) is 1.32. The molecule has 0 aliphatic carbocycles. The second-order valence-electron chi connectivity index (χ2n) is 4.92. The van der Waals surface area contributed by atoms with E-state index >= 15 is 0 Å². The molecule has 16 heavy (non-hydrogen) atoms. The molecule has 90 valence electrons. The van der Waals surface area contributed by atoms with E-state index in [1.54, 1.807) is 0 Å². The largest absolute Gasteiger partial charge is 0.311 e. The van der Waals surface area contributed by atoms with Gasteiger partial charge in [0.25, 0.3) is 0 Å². The highest BCUT2D eigenvalue weighted by Crippen LogP contribution is 2.36. The molecule has 0 amide bonds. The average Bonchev–Trinajstić information content (AvgIpc) is 2.75. The number of rotatable bonds is 4. The van der Waals surface area contributed by atoms with Gasteiger partial charge in [-0.15, -0.1) is 0 Å². The van der Waals surface area contributed by atoms with Crippen LogP contribution in [0.3, 0.4) is 0 Å². The first-order valence-electron chi connectivity index (χ1n) is 5.93. The van der Waals surface area contributed by atoms with E-state index < -0.39 is 0 Å². The Balaban J connectivity index is 1.81. The zero-order valence-corrected chi connectivity index (χ0v) is 11.2. The van der Waals surface area contributed by atoms with Gasteiger partial charge < -0.3 is 5.32 Å². The molecule has 0 saturated carbocycles. The van der Waals surface area contributed by atoms with Gasteiger partial charge in [0.05, 0.1) is 5.69 Å². The van der Waals surface area contributed by atoms with Gasteiger partial charge in [0, 0.05) is 36.6 Å². The molecule has 0 radical (unpaired) electrons. The lowest BCUT2D eigenvalue weighted by Gasteiger charge is -2.22. The number of aromatic nitrogens is 2. The summed E-state index contributed by atoms with van der Waals surface area (Å²) in [5, 5.41) is 7.91. The maximum atomic E-state index is 4.35. The molecule has 1 aromatic rings. The Labute approximate surface area is 102 Å². The third-order valence-corrected chi connectivity index (χ3v) is 4.77. The van der Waals surface area contributed by atoms with Gasteiger partial charge in [0.1, 0.15) is 0 Å². The lowest BCUT2D eigenvalue weighted by atomic mass is 10.1. The zero-order chi connectivity index (χ0) is 11.6. The van der Waals surface area contributed by atoms with Crippen molar-refractivity contribution in [1.82, 2.24) is 15.1 Å². The molecule has 1 unspecified atom stereocenters. The first kappa shape index (κ1) is 12.0. The first-order valence-corrected chi connectivity index (χ1v) is 6.91. The van der Waals surface area contributed by atoms with E-state index in [1.165, 1.54) is 24.2 Å². The van der Waals surface area contributed by atoms with E-state index in [1.807, 2.05) is 11.7 Å². The minimum Gasteiger partial charge on any atom is -0.311 e. The van der Waals surface area contributed by atoms with Crippen LogP contribution >= 0.6 is 11.8 Å². The third-order valence-electron chi connectivity index (χ3n) is 3.23. The van der Waals surface area contributed by atoms with Gasteiger partial charge in [-0.25, -0.2) is 0 Å². The van der Waals surface area contributed by atoms with Crippen LogP contribution in [0.5, 0.6) is 0 Å². The summed E-state index contributed by atoms with van der Waals surface area (Å²) in [7, 11) is 1.98. The van der Waals surface area contributed by atoms with E-state index in [2.05, 4.69) is 42.2 Å². The van der Waals surface area contributed by atoms with E-state index in [4.69, 9.17) is 0 Å². The number of thioether (sulfide) groups is 1. The van der Waals surface area contributed by atoms with Crippen molar-refractivity contribution in [3.05, 3.63) is 17.5 Å². The van der Waals surface area contributed by atoms with Crippen LogP contribution in [0.2, 0.25) is 0 Å². The molecule has 1 fully saturated rings. The summed E-state index contributed by atoms with van der Waals surface area (Å²) in [6.07, 6.45) is 4.82. The van der Waals surface area contributed by atoms with Gasteiger partial charge in [-0.1, -0.05) is 0 Å². The van der Waals surface area contributed by atoms with Crippen molar-refractivity contribution >= 4 is 11.8 Å². The molecule has 2 rings (SSSR count). The summed E-state index contributed by atoms with van der Waals surface area (Å²) in [5.41, 5.74) is 2.45. The molecule has 1 saturated heterocycles. The number of hydrogen-bond acceptors (Lipinski definition) is 3. The van der Waals surface area contributed by atoms with Crippen molar-refractivity contribution in [2.75, 3.05) is 12.3 Å². The molecular formula is C12H21N3S. The van der Waals surface area contributed by atoms with Gasteiger partial charge >= 0.3 is 0 Å². The lowest BCUT2D eigenvalue weighted by molar-refractivity contribution is 0.536. The summed E-state index contributed by atoms with van der Waals surface area (Å²) < 4.78 is 2.34.